The van der Waals surface area contributed by atoms with Crippen molar-refractivity contribution in [3.63, 3.8) is 0 Å². The standard InChI is InChI=1S/C19H23NO3/c1-12(2)16-11-23-19(22)20(16)17(21)10-15-9-5-8-14-7-4-6-13(3)18(14)15/h4,6-7,10,12,16H,5,8-9,11H2,1-3H3/b15-10+/t16-/m1/s1. The van der Waals surface area contributed by atoms with Crippen molar-refractivity contribution in [3.8, 4) is 0 Å². The van der Waals surface area contributed by atoms with Crippen LogP contribution >= 0.6 is 0 Å². The maximum Gasteiger partial charge on any atom is 0.417 e. The van der Waals surface area contributed by atoms with Crippen LogP contribution in [0, 0.1) is 12.8 Å². The largest absolute Gasteiger partial charge is 0.447 e. The van der Waals surface area contributed by atoms with E-state index in [1.807, 2.05) is 13.8 Å². The van der Waals surface area contributed by atoms with Gasteiger partial charge in [0.15, 0.2) is 0 Å². The van der Waals surface area contributed by atoms with E-state index in [1.54, 1.807) is 6.08 Å². The molecule has 1 atom stereocenters. The number of aryl methyl sites for hydroxylation is 2. The number of hydrogen-bond acceptors (Lipinski definition) is 3. The third-order valence-corrected chi connectivity index (χ3v) is 4.78. The maximum absolute atomic E-state index is 12.7. The van der Waals surface area contributed by atoms with Crippen molar-refractivity contribution in [3.05, 3.63) is 41.0 Å². The Morgan fingerprint density at radius 2 is 2.13 bits per heavy atom. The zero-order valence-corrected chi connectivity index (χ0v) is 14.0. The third-order valence-electron chi connectivity index (χ3n) is 4.78. The van der Waals surface area contributed by atoms with Gasteiger partial charge in [-0.05, 0) is 54.4 Å². The SMILES string of the molecule is Cc1cccc2c1/C(=C/C(=O)N1C(=O)OC[C@@H]1C(C)C)CCC2. The van der Waals surface area contributed by atoms with Gasteiger partial charge >= 0.3 is 6.09 Å². The van der Waals surface area contributed by atoms with E-state index < -0.39 is 6.09 Å². The first-order valence-corrected chi connectivity index (χ1v) is 8.28. The molecule has 3 rings (SSSR count). The highest BCUT2D eigenvalue weighted by Gasteiger charge is 2.39. The number of allylic oxidation sites excluding steroid dienone is 1. The lowest BCUT2D eigenvalue weighted by atomic mass is 9.84. The van der Waals surface area contributed by atoms with Crippen LogP contribution in [0.5, 0.6) is 0 Å². The van der Waals surface area contributed by atoms with Crippen molar-refractivity contribution >= 4 is 17.6 Å². The average molecular weight is 313 g/mol. The molecule has 1 aliphatic carbocycles. The second-order valence-electron chi connectivity index (χ2n) is 6.73. The zero-order chi connectivity index (χ0) is 16.6. The molecule has 4 heteroatoms. The Kier molecular flexibility index (Phi) is 4.24. The molecule has 0 unspecified atom stereocenters. The highest BCUT2D eigenvalue weighted by molar-refractivity contribution is 6.04. The number of hydrogen-bond donors (Lipinski definition) is 0. The molecule has 0 bridgehead atoms. The highest BCUT2D eigenvalue weighted by atomic mass is 16.6. The average Bonchev–Trinajstić information content (AvgIpc) is 2.89. The van der Waals surface area contributed by atoms with Gasteiger partial charge in [-0.3, -0.25) is 4.79 Å². The third kappa shape index (κ3) is 2.90. The van der Waals surface area contributed by atoms with Gasteiger partial charge in [-0.1, -0.05) is 32.0 Å². The van der Waals surface area contributed by atoms with Crippen LogP contribution in [0.4, 0.5) is 4.79 Å². The first kappa shape index (κ1) is 15.8. The number of carbonyl (C=O) groups is 2. The summed E-state index contributed by atoms with van der Waals surface area (Å²) in [4.78, 5) is 25.9. The van der Waals surface area contributed by atoms with Crippen molar-refractivity contribution in [2.24, 2.45) is 5.92 Å². The molecule has 0 saturated carbocycles. The fourth-order valence-electron chi connectivity index (χ4n) is 3.53. The molecule has 1 saturated heterocycles. The number of ether oxygens (including phenoxy) is 1. The summed E-state index contributed by atoms with van der Waals surface area (Å²) in [7, 11) is 0. The first-order chi connectivity index (χ1) is 11.0. The molecule has 0 N–H and O–H groups in total. The van der Waals surface area contributed by atoms with Gasteiger partial charge in [0.1, 0.15) is 6.61 Å². The molecule has 0 spiro atoms. The van der Waals surface area contributed by atoms with Crippen LogP contribution in [0.2, 0.25) is 0 Å². The Labute approximate surface area is 137 Å². The lowest BCUT2D eigenvalue weighted by molar-refractivity contribution is -0.124. The number of fused-ring (bicyclic) bond motifs is 1. The van der Waals surface area contributed by atoms with E-state index in [4.69, 9.17) is 4.74 Å². The van der Waals surface area contributed by atoms with Crippen LogP contribution in [-0.4, -0.2) is 29.5 Å². The van der Waals surface area contributed by atoms with Gasteiger partial charge < -0.3 is 4.74 Å². The van der Waals surface area contributed by atoms with Gasteiger partial charge in [0.2, 0.25) is 0 Å². The van der Waals surface area contributed by atoms with Crippen LogP contribution in [0.3, 0.4) is 0 Å². The molecular formula is C19H23NO3. The Hall–Kier alpha value is -2.10. The van der Waals surface area contributed by atoms with Gasteiger partial charge in [0.05, 0.1) is 6.04 Å². The molecule has 122 valence electrons. The smallest absolute Gasteiger partial charge is 0.417 e. The number of rotatable bonds is 2. The van der Waals surface area contributed by atoms with Crippen molar-refractivity contribution in [1.29, 1.82) is 0 Å². The van der Waals surface area contributed by atoms with Gasteiger partial charge in [-0.15, -0.1) is 0 Å². The Morgan fingerprint density at radius 3 is 2.87 bits per heavy atom. The minimum atomic E-state index is -0.522. The van der Waals surface area contributed by atoms with Crippen LogP contribution in [0.15, 0.2) is 24.3 Å². The van der Waals surface area contributed by atoms with Crippen LogP contribution < -0.4 is 0 Å². The monoisotopic (exact) mass is 313 g/mol. The Balaban J connectivity index is 1.94. The van der Waals surface area contributed by atoms with Crippen molar-refractivity contribution in [2.45, 2.75) is 46.1 Å². The molecule has 2 amide bonds. The van der Waals surface area contributed by atoms with E-state index in [0.717, 1.165) is 24.8 Å². The molecule has 0 radical (unpaired) electrons. The molecule has 23 heavy (non-hydrogen) atoms. The fourth-order valence-corrected chi connectivity index (χ4v) is 3.53. The normalized spacial score (nSPS) is 22.4. The van der Waals surface area contributed by atoms with Crippen molar-refractivity contribution in [1.82, 2.24) is 4.90 Å². The maximum atomic E-state index is 12.7. The lowest BCUT2D eigenvalue weighted by Crippen LogP contribution is -2.41. The molecule has 1 aliphatic heterocycles. The van der Waals surface area contributed by atoms with Crippen molar-refractivity contribution in [2.75, 3.05) is 6.61 Å². The molecule has 1 heterocycles. The van der Waals surface area contributed by atoms with Crippen LogP contribution in [0.25, 0.3) is 5.57 Å². The Bertz CT molecular complexity index is 675. The summed E-state index contributed by atoms with van der Waals surface area (Å²) in [6, 6.07) is 6.09. The minimum Gasteiger partial charge on any atom is -0.447 e. The topological polar surface area (TPSA) is 46.6 Å². The number of cyclic esters (lactones) is 1. The molecule has 1 aromatic rings. The molecule has 4 nitrogen and oxygen atoms in total. The zero-order valence-electron chi connectivity index (χ0n) is 14.0. The molecule has 1 fully saturated rings. The van der Waals surface area contributed by atoms with Crippen LogP contribution in [-0.2, 0) is 16.0 Å². The van der Waals surface area contributed by atoms with Gasteiger partial charge in [-0.25, -0.2) is 9.69 Å². The minimum absolute atomic E-state index is 0.174. The second kappa shape index (κ2) is 6.19. The summed E-state index contributed by atoms with van der Waals surface area (Å²) < 4.78 is 5.08. The number of carbonyl (C=O) groups excluding carboxylic acids is 2. The molecule has 1 aromatic carbocycles. The van der Waals surface area contributed by atoms with E-state index in [1.165, 1.54) is 21.6 Å². The van der Waals surface area contributed by atoms with E-state index in [9.17, 15) is 9.59 Å². The first-order valence-electron chi connectivity index (χ1n) is 8.28. The number of amides is 2. The number of imide groups is 1. The fraction of sp³-hybridized carbons (Fsp3) is 0.474. The van der Waals surface area contributed by atoms with E-state index in [-0.39, 0.29) is 17.9 Å². The van der Waals surface area contributed by atoms with Gasteiger partial charge in [-0.2, -0.15) is 0 Å². The Morgan fingerprint density at radius 1 is 1.35 bits per heavy atom. The molecule has 2 aliphatic rings. The predicted molar refractivity (Wildman–Crippen MR) is 88.9 cm³/mol. The molecular weight excluding hydrogens is 290 g/mol. The second-order valence-corrected chi connectivity index (χ2v) is 6.73. The summed E-state index contributed by atoms with van der Waals surface area (Å²) in [5.41, 5.74) is 4.70. The number of nitrogens with zero attached hydrogens (tertiary/aromatic N) is 1. The van der Waals surface area contributed by atoms with Crippen LogP contribution in [0.1, 0.15) is 43.4 Å². The summed E-state index contributed by atoms with van der Waals surface area (Å²) in [6.07, 6.45) is 4.08. The highest BCUT2D eigenvalue weighted by Crippen LogP contribution is 2.33. The van der Waals surface area contributed by atoms with Gasteiger partial charge in [0.25, 0.3) is 5.91 Å². The van der Waals surface area contributed by atoms with Crippen molar-refractivity contribution < 1.29 is 14.3 Å². The summed E-state index contributed by atoms with van der Waals surface area (Å²) in [5.74, 6) is -0.0681. The summed E-state index contributed by atoms with van der Waals surface area (Å²) >= 11 is 0. The predicted octanol–water partition coefficient (Wildman–Crippen LogP) is 3.72. The van der Waals surface area contributed by atoms with E-state index in [0.29, 0.717) is 6.61 Å². The quantitative estimate of drug-likeness (QED) is 0.782. The lowest BCUT2D eigenvalue weighted by Gasteiger charge is -2.24. The summed E-state index contributed by atoms with van der Waals surface area (Å²) in [6.45, 7) is 6.37. The number of benzene rings is 1. The van der Waals surface area contributed by atoms with E-state index in [2.05, 4.69) is 25.1 Å². The molecule has 0 aromatic heterocycles. The van der Waals surface area contributed by atoms with E-state index >= 15 is 0 Å². The van der Waals surface area contributed by atoms with Gasteiger partial charge in [0, 0.05) is 6.08 Å². The summed E-state index contributed by atoms with van der Waals surface area (Å²) in [5, 5.41) is 0.